The van der Waals surface area contributed by atoms with Crippen molar-refractivity contribution in [2.45, 2.75) is 11.4 Å². The summed E-state index contributed by atoms with van der Waals surface area (Å²) in [5.74, 6) is -1.69. The van der Waals surface area contributed by atoms with Crippen molar-refractivity contribution in [1.29, 1.82) is 0 Å². The van der Waals surface area contributed by atoms with E-state index in [4.69, 9.17) is 15.4 Å². The Morgan fingerprint density at radius 3 is 2.33 bits per heavy atom. The Hall–Kier alpha value is -0.680. The van der Waals surface area contributed by atoms with Gasteiger partial charge in [0.1, 0.15) is 0 Å². The second-order valence-corrected chi connectivity index (χ2v) is 5.27. The molecule has 0 aliphatic carbocycles. The molecule has 8 nitrogen and oxygen atoms in total. The number of carbonyl (C=O) groups is 2. The topological polar surface area (TPSA) is 138 Å². The van der Waals surface area contributed by atoms with E-state index in [0.717, 1.165) is 0 Å². The van der Waals surface area contributed by atoms with Gasteiger partial charge in [-0.1, -0.05) is 11.8 Å². The summed E-state index contributed by atoms with van der Waals surface area (Å²) in [7, 11) is -4.43. The summed E-state index contributed by atoms with van der Waals surface area (Å²) < 4.78 is 30.6. The summed E-state index contributed by atoms with van der Waals surface area (Å²) in [5.41, 5.74) is 5.38. The molecule has 0 aromatic rings. The van der Waals surface area contributed by atoms with Gasteiger partial charge in [0.25, 0.3) is 5.12 Å². The predicted molar refractivity (Wildman–Crippen MR) is 50.3 cm³/mol. The van der Waals surface area contributed by atoms with Gasteiger partial charge in [0, 0.05) is 12.6 Å². The largest absolute Gasteiger partial charge is 0.475 e. The molecule has 0 amide bonds. The molecule has 0 aromatic carbocycles. The molecule has 4 N–H and O–H groups in total. The van der Waals surface area contributed by atoms with Crippen LogP contribution in [0.15, 0.2) is 0 Å². The Labute approximate surface area is 89.3 Å². The van der Waals surface area contributed by atoms with Crippen LogP contribution < -0.4 is 5.73 Å². The zero-order chi connectivity index (χ0) is 11.8. The molecule has 0 aromatic heterocycles. The van der Waals surface area contributed by atoms with Gasteiger partial charge < -0.3 is 10.8 Å². The molecule has 86 valence electrons. The summed E-state index contributed by atoms with van der Waals surface area (Å²) in [6, 6.07) is -0.666. The highest BCUT2D eigenvalue weighted by Crippen LogP contribution is 2.30. The molecular formula is C5H8N2O6S2. The first kappa shape index (κ1) is 12.4. The van der Waals surface area contributed by atoms with Crippen molar-refractivity contribution in [3.63, 3.8) is 0 Å². The monoisotopic (exact) mass is 256 g/mol. The summed E-state index contributed by atoms with van der Waals surface area (Å²) in [6.45, 7) is -0.136. The Balaban J connectivity index is 2.69. The van der Waals surface area contributed by atoms with Gasteiger partial charge in [0.2, 0.25) is 0 Å². The normalized spacial score (nSPS) is 27.1. The van der Waals surface area contributed by atoms with Crippen LogP contribution in [-0.4, -0.2) is 51.4 Å². The molecular weight excluding hydrogens is 248 g/mol. The first-order valence-corrected chi connectivity index (χ1v) is 5.95. The molecule has 0 bridgehead atoms. The summed E-state index contributed by atoms with van der Waals surface area (Å²) >= 11 is 0.261. The van der Waals surface area contributed by atoms with Crippen LogP contribution in [0, 0.1) is 0 Å². The van der Waals surface area contributed by atoms with Gasteiger partial charge in [-0.2, -0.15) is 12.7 Å². The Morgan fingerprint density at radius 2 is 2.00 bits per heavy atom. The van der Waals surface area contributed by atoms with Crippen LogP contribution in [0.1, 0.15) is 0 Å². The van der Waals surface area contributed by atoms with Gasteiger partial charge >= 0.3 is 16.3 Å². The average molecular weight is 256 g/mol. The molecule has 1 fully saturated rings. The molecule has 0 saturated carbocycles. The number of aliphatic carboxylic acids is 1. The molecule has 0 spiro atoms. The number of nitrogens with zero attached hydrogens (tertiary/aromatic N) is 1. The lowest BCUT2D eigenvalue weighted by atomic mass is 10.2. The Morgan fingerprint density at radius 1 is 1.47 bits per heavy atom. The minimum absolute atomic E-state index is 0.136. The predicted octanol–water partition coefficient (Wildman–Crippen LogP) is -1.90. The van der Waals surface area contributed by atoms with Crippen molar-refractivity contribution in [2.75, 3.05) is 6.54 Å². The number of hydrogen-bond donors (Lipinski definition) is 3. The third-order valence-corrected chi connectivity index (χ3v) is 4.08. The number of carboxylic acids is 1. The molecule has 2 atom stereocenters. The van der Waals surface area contributed by atoms with Crippen molar-refractivity contribution in [3.8, 4) is 0 Å². The number of carboxylic acid groups (broad SMARTS) is 1. The molecule has 15 heavy (non-hydrogen) atoms. The molecule has 0 unspecified atom stereocenters. The van der Waals surface area contributed by atoms with Crippen molar-refractivity contribution in [1.82, 2.24) is 4.31 Å². The summed E-state index contributed by atoms with van der Waals surface area (Å²) in [6.07, 6.45) is 0. The molecule has 1 saturated heterocycles. The first-order valence-electron chi connectivity index (χ1n) is 3.67. The minimum atomic E-state index is -4.43. The van der Waals surface area contributed by atoms with Crippen LogP contribution in [0.4, 0.5) is 0 Å². The lowest BCUT2D eigenvalue weighted by molar-refractivity contribution is -0.145. The molecule has 10 heteroatoms. The number of hydrogen-bond acceptors (Lipinski definition) is 6. The van der Waals surface area contributed by atoms with Crippen molar-refractivity contribution in [2.24, 2.45) is 5.73 Å². The van der Waals surface area contributed by atoms with E-state index in [1.165, 1.54) is 0 Å². The summed E-state index contributed by atoms with van der Waals surface area (Å²) in [5, 5.41) is 6.01. The van der Waals surface area contributed by atoms with Crippen molar-refractivity contribution < 1.29 is 27.7 Å². The van der Waals surface area contributed by atoms with Crippen LogP contribution in [0.5, 0.6) is 0 Å². The molecule has 1 aliphatic rings. The summed E-state index contributed by atoms with van der Waals surface area (Å²) in [4.78, 5) is 21.0. The highest BCUT2D eigenvalue weighted by atomic mass is 32.2. The van der Waals surface area contributed by atoms with Gasteiger partial charge in [-0.05, 0) is 0 Å². The maximum absolute atomic E-state index is 10.8. The maximum atomic E-state index is 10.8. The van der Waals surface area contributed by atoms with E-state index >= 15 is 0 Å². The van der Waals surface area contributed by atoms with E-state index < -0.39 is 32.8 Å². The van der Waals surface area contributed by atoms with Crippen molar-refractivity contribution in [3.05, 3.63) is 0 Å². The molecule has 1 rings (SSSR count). The van der Waals surface area contributed by atoms with Gasteiger partial charge in [-0.3, -0.25) is 9.35 Å². The highest BCUT2D eigenvalue weighted by Gasteiger charge is 2.45. The van der Waals surface area contributed by atoms with E-state index in [2.05, 4.69) is 0 Å². The van der Waals surface area contributed by atoms with E-state index in [1.54, 1.807) is 0 Å². The quantitative estimate of drug-likeness (QED) is 0.385. The minimum Gasteiger partial charge on any atom is -0.475 e. The Kier molecular flexibility index (Phi) is 3.35. The zero-order valence-electron chi connectivity index (χ0n) is 7.23. The lowest BCUT2D eigenvalue weighted by Crippen LogP contribution is -2.64. The number of rotatable bonds is 2. The van der Waals surface area contributed by atoms with Gasteiger partial charge in [0.15, 0.2) is 0 Å². The van der Waals surface area contributed by atoms with Crippen LogP contribution in [-0.2, 0) is 19.9 Å². The Bertz CT molecular complexity index is 392. The van der Waals surface area contributed by atoms with Gasteiger partial charge in [0.05, 0.1) is 5.37 Å². The van der Waals surface area contributed by atoms with Crippen LogP contribution >= 0.6 is 11.8 Å². The molecule has 1 aliphatic heterocycles. The van der Waals surface area contributed by atoms with E-state index in [-0.39, 0.29) is 18.3 Å². The first-order chi connectivity index (χ1) is 6.73. The lowest BCUT2D eigenvalue weighted by Gasteiger charge is -2.41. The SMILES string of the molecule is N[C@@H]1CN(S(=O)(=O)O)[C@@H]1SC(=O)C(=O)O. The standard InChI is InChI=1S/C5H8N2O6S2/c6-2-1-7(15(11,12)13)3(2)14-5(10)4(8)9/h2-3H,1,6H2,(H,8,9)(H,11,12,13)/t2-,3-/m1/s1. The average Bonchev–Trinajstić information content (AvgIpc) is 2.07. The molecule has 0 radical (unpaired) electrons. The third kappa shape index (κ3) is 2.66. The second kappa shape index (κ2) is 4.06. The van der Waals surface area contributed by atoms with E-state index in [9.17, 15) is 18.0 Å². The number of nitrogens with two attached hydrogens (primary N) is 1. The van der Waals surface area contributed by atoms with Gasteiger partial charge in [-0.25, -0.2) is 4.79 Å². The van der Waals surface area contributed by atoms with Crippen LogP contribution in [0.2, 0.25) is 0 Å². The second-order valence-electron chi connectivity index (χ2n) is 2.81. The highest BCUT2D eigenvalue weighted by molar-refractivity contribution is 8.16. The molecule has 1 heterocycles. The van der Waals surface area contributed by atoms with Crippen LogP contribution in [0.3, 0.4) is 0 Å². The fraction of sp³-hybridized carbons (Fsp3) is 0.600. The number of carbonyl (C=O) groups excluding carboxylic acids is 1. The maximum Gasteiger partial charge on any atom is 0.383 e. The van der Waals surface area contributed by atoms with Gasteiger partial charge in [-0.15, -0.1) is 0 Å². The third-order valence-electron chi connectivity index (χ3n) is 1.74. The number of thioether (sulfide) groups is 1. The fourth-order valence-corrected chi connectivity index (χ4v) is 3.03. The smallest absolute Gasteiger partial charge is 0.383 e. The van der Waals surface area contributed by atoms with Crippen LogP contribution in [0.25, 0.3) is 0 Å². The fourth-order valence-electron chi connectivity index (χ4n) is 1.01. The van der Waals surface area contributed by atoms with E-state index in [0.29, 0.717) is 4.31 Å². The van der Waals surface area contributed by atoms with Crippen molar-refractivity contribution >= 4 is 33.2 Å². The van der Waals surface area contributed by atoms with E-state index in [1.807, 2.05) is 0 Å². The zero-order valence-corrected chi connectivity index (χ0v) is 8.86.